The maximum Gasteiger partial charge on any atom is 0.238 e. The monoisotopic (exact) mass is 396 g/mol. The second kappa shape index (κ2) is 6.77. The summed E-state index contributed by atoms with van der Waals surface area (Å²) in [6.07, 6.45) is 0.103. The van der Waals surface area contributed by atoms with E-state index in [0.29, 0.717) is 34.8 Å². The van der Waals surface area contributed by atoms with E-state index < -0.39 is 11.2 Å². The number of hydrogen-bond acceptors (Lipinski definition) is 7. The molecule has 1 atom stereocenters. The van der Waals surface area contributed by atoms with Crippen LogP contribution in [0.15, 0.2) is 45.6 Å². The summed E-state index contributed by atoms with van der Waals surface area (Å²) in [5.41, 5.74) is 1.10. The van der Waals surface area contributed by atoms with E-state index in [1.54, 1.807) is 24.3 Å². The Kier molecular flexibility index (Phi) is 4.38. The van der Waals surface area contributed by atoms with E-state index in [1.165, 1.54) is 14.2 Å². The summed E-state index contributed by atoms with van der Waals surface area (Å²) < 4.78 is 22.1. The zero-order valence-electron chi connectivity index (χ0n) is 16.2. The molecule has 0 bridgehead atoms. The lowest BCUT2D eigenvalue weighted by atomic mass is 10.0. The number of phenols is 1. The topological polar surface area (TPSA) is 98.4 Å². The number of phenolic OH excluding ortho intramolecular Hbond substituents is 1. The Morgan fingerprint density at radius 1 is 1.14 bits per heavy atom. The normalized spacial score (nSPS) is 15.1. The van der Waals surface area contributed by atoms with Crippen LogP contribution in [0.1, 0.15) is 12.5 Å². The fourth-order valence-electron chi connectivity index (χ4n) is 3.47. The van der Waals surface area contributed by atoms with Crippen molar-refractivity contribution in [2.75, 3.05) is 14.2 Å². The Morgan fingerprint density at radius 2 is 1.86 bits per heavy atom. The van der Waals surface area contributed by atoms with Crippen molar-refractivity contribution in [2.45, 2.75) is 19.4 Å². The molecule has 7 heteroatoms. The van der Waals surface area contributed by atoms with Crippen LogP contribution in [0.3, 0.4) is 0 Å². The third kappa shape index (κ3) is 2.86. The van der Waals surface area contributed by atoms with E-state index in [0.717, 1.165) is 5.57 Å². The second-order valence-corrected chi connectivity index (χ2v) is 6.91. The quantitative estimate of drug-likeness (QED) is 0.648. The molecule has 2 aromatic carbocycles. The van der Waals surface area contributed by atoms with Gasteiger partial charge in [0.15, 0.2) is 17.3 Å². The van der Waals surface area contributed by atoms with Gasteiger partial charge in [-0.1, -0.05) is 6.58 Å². The average molecular weight is 396 g/mol. The minimum Gasteiger partial charge on any atom is -0.507 e. The van der Waals surface area contributed by atoms with E-state index in [1.807, 2.05) is 6.92 Å². The lowest BCUT2D eigenvalue weighted by molar-refractivity contribution is 0.271. The van der Waals surface area contributed by atoms with Gasteiger partial charge in [0.25, 0.3) is 0 Å². The standard InChI is InChI=1S/C22H20O7/c1-10(2)14-8-12-15(28-14)9-17-18(19(12)23)20(24)21(25)22(29-17)11-5-6-13(26-3)16(7-11)27-4/h5-7,9,14,23,25H,1,8H2,2-4H3. The molecule has 2 heterocycles. The van der Waals surface area contributed by atoms with Gasteiger partial charge < -0.3 is 28.8 Å². The third-order valence-electron chi connectivity index (χ3n) is 5.05. The van der Waals surface area contributed by atoms with Gasteiger partial charge in [0.1, 0.15) is 28.6 Å². The molecule has 0 amide bonds. The molecule has 7 nitrogen and oxygen atoms in total. The minimum atomic E-state index is -0.727. The first-order valence-corrected chi connectivity index (χ1v) is 8.94. The zero-order valence-corrected chi connectivity index (χ0v) is 16.2. The molecule has 0 radical (unpaired) electrons. The van der Waals surface area contributed by atoms with E-state index in [2.05, 4.69) is 6.58 Å². The molecule has 2 N–H and O–H groups in total. The second-order valence-electron chi connectivity index (χ2n) is 6.91. The van der Waals surface area contributed by atoms with Gasteiger partial charge in [0.2, 0.25) is 11.2 Å². The van der Waals surface area contributed by atoms with Crippen LogP contribution in [-0.4, -0.2) is 30.5 Å². The van der Waals surface area contributed by atoms with E-state index in [9.17, 15) is 15.0 Å². The summed E-state index contributed by atoms with van der Waals surface area (Å²) in [6.45, 7) is 5.71. The average Bonchev–Trinajstić information content (AvgIpc) is 3.15. The lowest BCUT2D eigenvalue weighted by Crippen LogP contribution is -2.13. The van der Waals surface area contributed by atoms with Crippen molar-refractivity contribution in [3.63, 3.8) is 0 Å². The van der Waals surface area contributed by atoms with Crippen LogP contribution in [0.4, 0.5) is 0 Å². The summed E-state index contributed by atoms with van der Waals surface area (Å²) >= 11 is 0. The summed E-state index contributed by atoms with van der Waals surface area (Å²) in [4.78, 5) is 12.9. The van der Waals surface area contributed by atoms with Gasteiger partial charge in [-0.05, 0) is 30.7 Å². The molecule has 150 valence electrons. The lowest BCUT2D eigenvalue weighted by Gasteiger charge is -2.12. The summed E-state index contributed by atoms with van der Waals surface area (Å²) in [5, 5.41) is 21.1. The Bertz CT molecular complexity index is 1210. The van der Waals surface area contributed by atoms with Crippen LogP contribution in [0.25, 0.3) is 22.3 Å². The van der Waals surface area contributed by atoms with Crippen molar-refractivity contribution in [2.24, 2.45) is 0 Å². The van der Waals surface area contributed by atoms with Gasteiger partial charge in [-0.2, -0.15) is 0 Å². The van der Waals surface area contributed by atoms with Crippen molar-refractivity contribution in [1.82, 2.24) is 0 Å². The van der Waals surface area contributed by atoms with Gasteiger partial charge in [0.05, 0.1) is 14.2 Å². The molecule has 0 spiro atoms. The number of fused-ring (bicyclic) bond motifs is 2. The molecule has 3 aromatic rings. The fraction of sp³-hybridized carbons (Fsp3) is 0.227. The number of ether oxygens (including phenoxy) is 3. The first-order chi connectivity index (χ1) is 13.8. The van der Waals surface area contributed by atoms with Crippen molar-refractivity contribution in [1.29, 1.82) is 0 Å². The number of rotatable bonds is 4. The highest BCUT2D eigenvalue weighted by atomic mass is 16.5. The van der Waals surface area contributed by atoms with Crippen LogP contribution < -0.4 is 19.6 Å². The summed E-state index contributed by atoms with van der Waals surface area (Å²) in [5.74, 6) is 0.442. The number of methoxy groups -OCH3 is 2. The molecule has 1 unspecified atom stereocenters. The van der Waals surface area contributed by atoms with Crippen LogP contribution >= 0.6 is 0 Å². The van der Waals surface area contributed by atoms with Gasteiger partial charge in [-0.15, -0.1) is 0 Å². The molecule has 4 rings (SSSR count). The fourth-order valence-corrected chi connectivity index (χ4v) is 3.47. The molecule has 0 aliphatic carbocycles. The molecule has 0 fully saturated rings. The van der Waals surface area contributed by atoms with Crippen molar-refractivity contribution < 1.29 is 28.8 Å². The van der Waals surface area contributed by atoms with Crippen LogP contribution in [0.2, 0.25) is 0 Å². The highest BCUT2D eigenvalue weighted by molar-refractivity contribution is 5.90. The number of benzene rings is 2. The van der Waals surface area contributed by atoms with Crippen molar-refractivity contribution in [3.8, 4) is 40.1 Å². The minimum absolute atomic E-state index is 0.0442. The molecule has 1 aromatic heterocycles. The Hall–Kier alpha value is -3.61. The molecule has 0 saturated carbocycles. The SMILES string of the molecule is C=C(C)C1Cc2c(cc3oc(-c4ccc(OC)c(OC)c4)c(O)c(=O)c3c2O)O1. The van der Waals surface area contributed by atoms with E-state index >= 15 is 0 Å². The molecule has 29 heavy (non-hydrogen) atoms. The maximum atomic E-state index is 12.9. The predicted octanol–water partition coefficient (Wildman–Crippen LogP) is 3.77. The predicted molar refractivity (Wildman–Crippen MR) is 107 cm³/mol. The van der Waals surface area contributed by atoms with Gasteiger partial charge in [-0.3, -0.25) is 4.79 Å². The largest absolute Gasteiger partial charge is 0.507 e. The zero-order chi connectivity index (χ0) is 20.9. The van der Waals surface area contributed by atoms with Crippen LogP contribution in [0, 0.1) is 0 Å². The molecule has 1 aliphatic rings. The third-order valence-corrected chi connectivity index (χ3v) is 5.05. The number of hydrogen-bond donors (Lipinski definition) is 2. The molecular formula is C22H20O7. The highest BCUT2D eigenvalue weighted by Gasteiger charge is 2.30. The van der Waals surface area contributed by atoms with Crippen molar-refractivity contribution in [3.05, 3.63) is 52.2 Å². The van der Waals surface area contributed by atoms with Crippen LogP contribution in [0.5, 0.6) is 28.7 Å². The maximum absolute atomic E-state index is 12.9. The first kappa shape index (κ1) is 18.7. The smallest absolute Gasteiger partial charge is 0.238 e. The Morgan fingerprint density at radius 3 is 2.52 bits per heavy atom. The first-order valence-electron chi connectivity index (χ1n) is 8.94. The van der Waals surface area contributed by atoms with Crippen LogP contribution in [-0.2, 0) is 6.42 Å². The molecule has 1 aliphatic heterocycles. The van der Waals surface area contributed by atoms with Gasteiger partial charge >= 0.3 is 0 Å². The van der Waals surface area contributed by atoms with Crippen molar-refractivity contribution >= 4 is 11.0 Å². The number of aromatic hydroxyl groups is 2. The van der Waals surface area contributed by atoms with Gasteiger partial charge in [-0.25, -0.2) is 0 Å². The highest BCUT2D eigenvalue weighted by Crippen LogP contribution is 2.44. The van der Waals surface area contributed by atoms with Gasteiger partial charge in [0, 0.05) is 23.6 Å². The Labute approximate surface area is 166 Å². The Balaban J connectivity index is 1.93. The van der Waals surface area contributed by atoms with E-state index in [-0.39, 0.29) is 28.6 Å². The van der Waals surface area contributed by atoms with E-state index in [4.69, 9.17) is 18.6 Å². The summed E-state index contributed by atoms with van der Waals surface area (Å²) in [6, 6.07) is 6.41. The summed E-state index contributed by atoms with van der Waals surface area (Å²) in [7, 11) is 2.99. The molecule has 0 saturated heterocycles. The molecular weight excluding hydrogens is 376 g/mol.